The molecule has 19 heavy (non-hydrogen) atoms. The number of rotatable bonds is 5. The molecule has 0 saturated heterocycles. The summed E-state index contributed by atoms with van der Waals surface area (Å²) in [6, 6.07) is 6.15. The van der Waals surface area contributed by atoms with Crippen LogP contribution < -0.4 is 16.2 Å². The van der Waals surface area contributed by atoms with Gasteiger partial charge in [-0.15, -0.1) is 5.10 Å². The van der Waals surface area contributed by atoms with Crippen molar-refractivity contribution < 1.29 is 12.8 Å². The van der Waals surface area contributed by atoms with E-state index in [9.17, 15) is 8.42 Å². The minimum absolute atomic E-state index is 0.000744. The number of nitrogens with two attached hydrogens (primary N) is 2. The number of anilines is 2. The van der Waals surface area contributed by atoms with Gasteiger partial charge in [0.15, 0.2) is 0 Å². The lowest BCUT2D eigenvalue weighted by Gasteiger charge is -2.03. The summed E-state index contributed by atoms with van der Waals surface area (Å²) in [4.78, 5) is -0.000744. The number of benzene rings is 1. The van der Waals surface area contributed by atoms with Gasteiger partial charge in [-0.05, 0) is 18.2 Å². The van der Waals surface area contributed by atoms with Crippen LogP contribution in [-0.2, 0) is 16.4 Å². The summed E-state index contributed by atoms with van der Waals surface area (Å²) in [5, 5.41) is 15.4. The normalized spacial score (nSPS) is 11.5. The molecular weight excluding hydrogens is 270 g/mol. The highest BCUT2D eigenvalue weighted by molar-refractivity contribution is 7.89. The molecule has 1 aromatic heterocycles. The molecule has 9 heteroatoms. The molecule has 0 fully saturated rings. The van der Waals surface area contributed by atoms with Crippen molar-refractivity contribution in [3.8, 4) is 0 Å². The van der Waals surface area contributed by atoms with Crippen molar-refractivity contribution in [3.63, 3.8) is 0 Å². The highest BCUT2D eigenvalue weighted by Crippen LogP contribution is 2.18. The second-order valence-electron chi connectivity index (χ2n) is 3.74. The van der Waals surface area contributed by atoms with E-state index in [2.05, 4.69) is 15.5 Å². The summed E-state index contributed by atoms with van der Waals surface area (Å²) in [6.07, 6.45) is 0.478. The molecule has 2 rings (SSSR count). The standard InChI is InChI=1S/C10H13N5O3S/c11-5-4-9-14-15-10(18-9)13-7-2-1-3-8(6-7)19(12,16)17/h1-3,6H,4-5,11H2,(H,13,15)(H2,12,16,17). The van der Waals surface area contributed by atoms with Gasteiger partial charge in [0.25, 0.3) is 0 Å². The Morgan fingerprint density at radius 2 is 2.11 bits per heavy atom. The van der Waals surface area contributed by atoms with Crippen molar-refractivity contribution in [1.29, 1.82) is 0 Å². The summed E-state index contributed by atoms with van der Waals surface area (Å²) < 4.78 is 27.7. The molecule has 0 radical (unpaired) electrons. The van der Waals surface area contributed by atoms with Crippen molar-refractivity contribution in [1.82, 2.24) is 10.2 Å². The molecule has 0 spiro atoms. The first-order valence-electron chi connectivity index (χ1n) is 5.41. The Kier molecular flexibility index (Phi) is 3.79. The van der Waals surface area contributed by atoms with E-state index in [4.69, 9.17) is 15.3 Å². The lowest BCUT2D eigenvalue weighted by atomic mass is 10.3. The summed E-state index contributed by atoms with van der Waals surface area (Å²) in [6.45, 7) is 0.405. The molecule has 0 aliphatic carbocycles. The zero-order chi connectivity index (χ0) is 13.9. The molecular formula is C10H13N5O3S. The van der Waals surface area contributed by atoms with Crippen LogP contribution in [0.1, 0.15) is 5.89 Å². The van der Waals surface area contributed by atoms with Crippen LogP contribution in [0.15, 0.2) is 33.6 Å². The van der Waals surface area contributed by atoms with Crippen LogP contribution in [0.5, 0.6) is 0 Å². The zero-order valence-corrected chi connectivity index (χ0v) is 10.7. The molecule has 0 atom stereocenters. The molecule has 5 N–H and O–H groups in total. The first kappa shape index (κ1) is 13.5. The summed E-state index contributed by atoms with van der Waals surface area (Å²) >= 11 is 0. The molecule has 0 saturated carbocycles. The molecule has 0 unspecified atom stereocenters. The molecule has 2 aromatic rings. The molecule has 102 valence electrons. The van der Waals surface area contributed by atoms with Gasteiger partial charge in [0, 0.05) is 18.7 Å². The topological polar surface area (TPSA) is 137 Å². The highest BCUT2D eigenvalue weighted by atomic mass is 32.2. The Balaban J connectivity index is 2.18. The fourth-order valence-corrected chi connectivity index (χ4v) is 1.96. The lowest BCUT2D eigenvalue weighted by Crippen LogP contribution is -2.12. The molecule has 0 aliphatic heterocycles. The van der Waals surface area contributed by atoms with E-state index in [0.717, 1.165) is 0 Å². The number of sulfonamides is 1. The second kappa shape index (κ2) is 5.34. The fraction of sp³-hybridized carbons (Fsp3) is 0.200. The Hall–Kier alpha value is -1.97. The average molecular weight is 283 g/mol. The minimum atomic E-state index is -3.74. The molecule has 1 aromatic carbocycles. The monoisotopic (exact) mass is 283 g/mol. The van der Waals surface area contributed by atoms with Gasteiger partial charge in [-0.25, -0.2) is 13.6 Å². The van der Waals surface area contributed by atoms with Crippen LogP contribution in [0.4, 0.5) is 11.7 Å². The van der Waals surface area contributed by atoms with Crippen LogP contribution >= 0.6 is 0 Å². The number of nitrogens with zero attached hydrogens (tertiary/aromatic N) is 2. The van der Waals surface area contributed by atoms with Gasteiger partial charge in [-0.2, -0.15) is 0 Å². The van der Waals surface area contributed by atoms with Crippen LogP contribution in [0, 0.1) is 0 Å². The quantitative estimate of drug-likeness (QED) is 0.700. The van der Waals surface area contributed by atoms with Gasteiger partial charge in [-0.3, -0.25) is 0 Å². The number of nitrogens with one attached hydrogen (secondary N) is 1. The molecule has 0 aliphatic rings. The van der Waals surface area contributed by atoms with Gasteiger partial charge >= 0.3 is 6.01 Å². The summed E-state index contributed by atoms with van der Waals surface area (Å²) in [5.41, 5.74) is 5.84. The first-order valence-corrected chi connectivity index (χ1v) is 6.96. The van der Waals surface area contributed by atoms with E-state index in [1.807, 2.05) is 0 Å². The van der Waals surface area contributed by atoms with Crippen LogP contribution in [-0.4, -0.2) is 25.2 Å². The van der Waals surface area contributed by atoms with E-state index < -0.39 is 10.0 Å². The fourth-order valence-electron chi connectivity index (χ4n) is 1.40. The molecule has 8 nitrogen and oxygen atoms in total. The molecule has 0 bridgehead atoms. The Labute approximate surface area is 109 Å². The smallest absolute Gasteiger partial charge is 0.320 e. The number of hydrogen-bond acceptors (Lipinski definition) is 7. The maximum Gasteiger partial charge on any atom is 0.320 e. The van der Waals surface area contributed by atoms with Gasteiger partial charge < -0.3 is 15.5 Å². The maximum atomic E-state index is 11.2. The third kappa shape index (κ3) is 3.50. The predicted molar refractivity (Wildman–Crippen MR) is 68.2 cm³/mol. The average Bonchev–Trinajstić information content (AvgIpc) is 2.76. The largest absolute Gasteiger partial charge is 0.408 e. The van der Waals surface area contributed by atoms with Crippen molar-refractivity contribution in [2.45, 2.75) is 11.3 Å². The SMILES string of the molecule is NCCc1nnc(Nc2cccc(S(N)(=O)=O)c2)o1. The summed E-state index contributed by atoms with van der Waals surface area (Å²) in [5.74, 6) is 0.410. The van der Waals surface area contributed by atoms with Gasteiger partial charge in [0.05, 0.1) is 4.90 Å². The minimum Gasteiger partial charge on any atom is -0.408 e. The van der Waals surface area contributed by atoms with Crippen LogP contribution in [0.3, 0.4) is 0 Å². The van der Waals surface area contributed by atoms with Crippen molar-refractivity contribution in [3.05, 3.63) is 30.2 Å². The molecule has 0 amide bonds. The third-order valence-electron chi connectivity index (χ3n) is 2.24. The van der Waals surface area contributed by atoms with Crippen LogP contribution in [0.2, 0.25) is 0 Å². The maximum absolute atomic E-state index is 11.2. The molecule has 1 heterocycles. The third-order valence-corrected chi connectivity index (χ3v) is 3.15. The van der Waals surface area contributed by atoms with E-state index in [1.54, 1.807) is 12.1 Å². The Bertz CT molecular complexity index is 667. The van der Waals surface area contributed by atoms with E-state index in [-0.39, 0.29) is 10.9 Å². The Morgan fingerprint density at radius 3 is 2.79 bits per heavy atom. The summed E-state index contributed by atoms with van der Waals surface area (Å²) in [7, 11) is -3.74. The van der Waals surface area contributed by atoms with Gasteiger partial charge in [0.1, 0.15) is 0 Å². The number of primary sulfonamides is 1. The van der Waals surface area contributed by atoms with Crippen molar-refractivity contribution >= 4 is 21.7 Å². The second-order valence-corrected chi connectivity index (χ2v) is 5.30. The van der Waals surface area contributed by atoms with Crippen molar-refractivity contribution in [2.24, 2.45) is 10.9 Å². The first-order chi connectivity index (χ1) is 8.99. The van der Waals surface area contributed by atoms with Crippen LogP contribution in [0.25, 0.3) is 0 Å². The van der Waals surface area contributed by atoms with Gasteiger partial charge in [0.2, 0.25) is 15.9 Å². The van der Waals surface area contributed by atoms with Crippen molar-refractivity contribution in [2.75, 3.05) is 11.9 Å². The van der Waals surface area contributed by atoms with E-state index >= 15 is 0 Å². The number of aromatic nitrogens is 2. The zero-order valence-electron chi connectivity index (χ0n) is 9.91. The van der Waals surface area contributed by atoms with Gasteiger partial charge in [-0.1, -0.05) is 11.2 Å². The highest BCUT2D eigenvalue weighted by Gasteiger charge is 2.10. The van der Waals surface area contributed by atoms with E-state index in [0.29, 0.717) is 24.5 Å². The number of hydrogen-bond donors (Lipinski definition) is 3. The lowest BCUT2D eigenvalue weighted by molar-refractivity contribution is 0.510. The Morgan fingerprint density at radius 1 is 1.32 bits per heavy atom. The van der Waals surface area contributed by atoms with E-state index in [1.165, 1.54) is 12.1 Å². The predicted octanol–water partition coefficient (Wildman–Crippen LogP) is -0.0382.